The number of halogens is 1. The predicted octanol–water partition coefficient (Wildman–Crippen LogP) is 3.60. The van der Waals surface area contributed by atoms with Crippen LogP contribution in [0.3, 0.4) is 0 Å². The first-order chi connectivity index (χ1) is 12.0. The van der Waals surface area contributed by atoms with Crippen molar-refractivity contribution in [1.82, 2.24) is 5.32 Å². The number of benzene rings is 2. The molecule has 0 aromatic heterocycles. The third-order valence-electron chi connectivity index (χ3n) is 3.47. The van der Waals surface area contributed by atoms with Gasteiger partial charge in [0.05, 0.1) is 19.8 Å². The minimum absolute atomic E-state index is 0.0768. The fourth-order valence-electron chi connectivity index (χ4n) is 2.24. The number of carbonyl (C=O) groups excluding carboxylic acids is 1. The smallest absolute Gasteiger partial charge is 0.319 e. The third-order valence-corrected chi connectivity index (χ3v) is 3.70. The summed E-state index contributed by atoms with van der Waals surface area (Å²) >= 11 is 5.90. The Morgan fingerprint density at radius 2 is 2.04 bits per heavy atom. The largest absolute Gasteiger partial charge is 0.493 e. The predicted molar refractivity (Wildman–Crippen MR) is 97.6 cm³/mol. The van der Waals surface area contributed by atoms with Crippen molar-refractivity contribution in [2.24, 2.45) is 0 Å². The second-order valence-electron chi connectivity index (χ2n) is 5.31. The monoisotopic (exact) mass is 364 g/mol. The normalized spacial score (nSPS) is 11.5. The molecule has 3 N–H and O–H groups in total. The van der Waals surface area contributed by atoms with Crippen LogP contribution >= 0.6 is 11.6 Å². The van der Waals surface area contributed by atoms with Crippen LogP contribution in [0, 0.1) is 0 Å². The molecule has 1 unspecified atom stereocenters. The second kappa shape index (κ2) is 9.15. The maximum absolute atomic E-state index is 12.1. The van der Waals surface area contributed by atoms with Crippen LogP contribution in [0.5, 0.6) is 11.5 Å². The van der Waals surface area contributed by atoms with E-state index in [4.69, 9.17) is 26.2 Å². The van der Waals surface area contributed by atoms with E-state index >= 15 is 0 Å². The van der Waals surface area contributed by atoms with Gasteiger partial charge in [-0.15, -0.1) is 0 Å². The average molecular weight is 365 g/mol. The highest BCUT2D eigenvalue weighted by molar-refractivity contribution is 6.30. The van der Waals surface area contributed by atoms with Crippen molar-refractivity contribution >= 4 is 23.3 Å². The Morgan fingerprint density at radius 3 is 2.72 bits per heavy atom. The number of urea groups is 1. The molecule has 25 heavy (non-hydrogen) atoms. The molecular formula is C18H21ClN2O4. The number of nitrogens with one attached hydrogen (secondary N) is 2. The van der Waals surface area contributed by atoms with Gasteiger partial charge in [0, 0.05) is 10.7 Å². The van der Waals surface area contributed by atoms with Crippen LogP contribution in [-0.2, 0) is 0 Å². The van der Waals surface area contributed by atoms with Crippen LogP contribution < -0.4 is 20.1 Å². The number of carbonyl (C=O) groups is 1. The van der Waals surface area contributed by atoms with E-state index in [0.29, 0.717) is 22.2 Å². The average Bonchev–Trinajstić information content (AvgIpc) is 2.59. The molecule has 2 aromatic carbocycles. The first-order valence-electron chi connectivity index (χ1n) is 7.78. The zero-order chi connectivity index (χ0) is 18.2. The van der Waals surface area contributed by atoms with Gasteiger partial charge >= 0.3 is 6.03 Å². The number of ether oxygens (including phenoxy) is 2. The lowest BCUT2D eigenvalue weighted by atomic mass is 10.1. The topological polar surface area (TPSA) is 79.8 Å². The molecular weight excluding hydrogens is 344 g/mol. The van der Waals surface area contributed by atoms with Crippen LogP contribution in [-0.4, -0.2) is 31.5 Å². The molecule has 0 aliphatic heterocycles. The lowest BCUT2D eigenvalue weighted by Gasteiger charge is -2.17. The number of rotatable bonds is 7. The maximum Gasteiger partial charge on any atom is 0.319 e. The third kappa shape index (κ3) is 5.55. The van der Waals surface area contributed by atoms with E-state index < -0.39 is 0 Å². The highest BCUT2D eigenvalue weighted by Crippen LogP contribution is 2.30. The highest BCUT2D eigenvalue weighted by atomic mass is 35.5. The van der Waals surface area contributed by atoms with Gasteiger partial charge in [0.25, 0.3) is 0 Å². The summed E-state index contributed by atoms with van der Waals surface area (Å²) in [5, 5.41) is 15.0. The molecule has 2 aromatic rings. The minimum atomic E-state index is -0.339. The first kappa shape index (κ1) is 18.9. The number of methoxy groups -OCH3 is 1. The molecule has 0 radical (unpaired) electrons. The molecule has 0 aliphatic carbocycles. The van der Waals surface area contributed by atoms with Crippen molar-refractivity contribution in [3.05, 3.63) is 53.1 Å². The molecule has 0 saturated heterocycles. The van der Waals surface area contributed by atoms with Crippen molar-refractivity contribution in [2.45, 2.75) is 13.0 Å². The number of aliphatic hydroxyl groups excluding tert-OH is 1. The summed E-state index contributed by atoms with van der Waals surface area (Å²) in [4.78, 5) is 12.1. The fourth-order valence-corrected chi connectivity index (χ4v) is 2.43. The van der Waals surface area contributed by atoms with Gasteiger partial charge < -0.3 is 25.2 Å². The molecule has 2 rings (SSSR count). The lowest BCUT2D eigenvalue weighted by Crippen LogP contribution is -2.31. The van der Waals surface area contributed by atoms with Crippen molar-refractivity contribution < 1.29 is 19.4 Å². The van der Waals surface area contributed by atoms with E-state index in [-0.39, 0.29) is 25.3 Å². The number of amides is 2. The van der Waals surface area contributed by atoms with Gasteiger partial charge in [-0.2, -0.15) is 0 Å². The Balaban J connectivity index is 2.01. The Bertz CT molecular complexity index is 724. The summed E-state index contributed by atoms with van der Waals surface area (Å²) in [6.07, 6.45) is 0. The zero-order valence-electron chi connectivity index (χ0n) is 14.1. The maximum atomic E-state index is 12.1. The van der Waals surface area contributed by atoms with Crippen molar-refractivity contribution in [2.75, 3.05) is 25.6 Å². The molecule has 6 nitrogen and oxygen atoms in total. The highest BCUT2D eigenvalue weighted by Gasteiger charge is 2.13. The number of aliphatic hydroxyl groups is 1. The molecule has 0 spiro atoms. The minimum Gasteiger partial charge on any atom is -0.493 e. The number of hydrogen-bond donors (Lipinski definition) is 3. The Kier molecular flexibility index (Phi) is 6.91. The van der Waals surface area contributed by atoms with E-state index in [1.807, 2.05) is 13.0 Å². The standard InChI is InChI=1S/C18H21ClN2O4/c1-12(20-18(23)21-15-5-3-4-14(19)11-15)13-6-7-16(25-9-8-22)17(10-13)24-2/h3-7,10-12,22H,8-9H2,1-2H3,(H2,20,21,23). The molecule has 0 heterocycles. The lowest BCUT2D eigenvalue weighted by molar-refractivity contribution is 0.196. The van der Waals surface area contributed by atoms with Crippen LogP contribution in [0.2, 0.25) is 5.02 Å². The number of hydrogen-bond acceptors (Lipinski definition) is 4. The van der Waals surface area contributed by atoms with Crippen LogP contribution in [0.15, 0.2) is 42.5 Å². The number of anilines is 1. The quantitative estimate of drug-likeness (QED) is 0.701. The van der Waals surface area contributed by atoms with E-state index in [1.54, 1.807) is 36.4 Å². The Morgan fingerprint density at radius 1 is 1.24 bits per heavy atom. The van der Waals surface area contributed by atoms with Gasteiger partial charge in [-0.25, -0.2) is 4.79 Å². The SMILES string of the molecule is COc1cc(C(C)NC(=O)Nc2cccc(Cl)c2)ccc1OCCO. The molecule has 2 amide bonds. The van der Waals surface area contributed by atoms with Gasteiger partial charge in [0.1, 0.15) is 6.61 Å². The summed E-state index contributed by atoms with van der Waals surface area (Å²) in [6.45, 7) is 1.97. The molecule has 134 valence electrons. The summed E-state index contributed by atoms with van der Waals surface area (Å²) in [6, 6.07) is 11.7. The molecule has 0 aliphatic rings. The van der Waals surface area contributed by atoms with Crippen LogP contribution in [0.25, 0.3) is 0 Å². The second-order valence-corrected chi connectivity index (χ2v) is 5.75. The molecule has 0 fully saturated rings. The Hall–Kier alpha value is -2.44. The van der Waals surface area contributed by atoms with E-state index in [2.05, 4.69) is 10.6 Å². The van der Waals surface area contributed by atoms with E-state index in [0.717, 1.165) is 5.56 Å². The van der Waals surface area contributed by atoms with E-state index in [9.17, 15) is 4.79 Å². The van der Waals surface area contributed by atoms with Crippen LogP contribution in [0.1, 0.15) is 18.5 Å². The molecule has 7 heteroatoms. The first-order valence-corrected chi connectivity index (χ1v) is 8.16. The summed E-state index contributed by atoms with van der Waals surface area (Å²) in [5.74, 6) is 1.07. The fraction of sp³-hybridized carbons (Fsp3) is 0.278. The molecule has 0 bridgehead atoms. The van der Waals surface area contributed by atoms with Crippen molar-refractivity contribution in [3.63, 3.8) is 0 Å². The van der Waals surface area contributed by atoms with Gasteiger partial charge in [-0.1, -0.05) is 23.7 Å². The van der Waals surface area contributed by atoms with Gasteiger partial charge in [0.2, 0.25) is 0 Å². The summed E-state index contributed by atoms with van der Waals surface area (Å²) in [7, 11) is 1.54. The van der Waals surface area contributed by atoms with E-state index in [1.165, 1.54) is 7.11 Å². The summed E-state index contributed by atoms with van der Waals surface area (Å²) in [5.41, 5.74) is 1.47. The summed E-state index contributed by atoms with van der Waals surface area (Å²) < 4.78 is 10.7. The van der Waals surface area contributed by atoms with Gasteiger partial charge in [-0.3, -0.25) is 0 Å². The Labute approximate surface area is 151 Å². The van der Waals surface area contributed by atoms with Crippen molar-refractivity contribution in [1.29, 1.82) is 0 Å². The molecule has 0 saturated carbocycles. The zero-order valence-corrected chi connectivity index (χ0v) is 14.8. The van der Waals surface area contributed by atoms with Gasteiger partial charge in [0.15, 0.2) is 11.5 Å². The van der Waals surface area contributed by atoms with Crippen LogP contribution in [0.4, 0.5) is 10.5 Å². The van der Waals surface area contributed by atoms with Gasteiger partial charge in [-0.05, 0) is 42.8 Å². The molecule has 1 atom stereocenters. The van der Waals surface area contributed by atoms with Crippen molar-refractivity contribution in [3.8, 4) is 11.5 Å².